The van der Waals surface area contributed by atoms with Crippen molar-refractivity contribution in [3.8, 4) is 0 Å². The first-order valence-electron chi connectivity index (χ1n) is 7.79. The highest BCUT2D eigenvalue weighted by Gasteiger charge is 2.57. The lowest BCUT2D eigenvalue weighted by atomic mass is 9.54. The van der Waals surface area contributed by atoms with Crippen LogP contribution in [0.15, 0.2) is 30.3 Å². The van der Waals surface area contributed by atoms with Crippen LogP contribution in [0, 0.1) is 5.41 Å². The molecule has 0 radical (unpaired) electrons. The van der Waals surface area contributed by atoms with E-state index in [1.165, 1.54) is 31.5 Å². The second kappa shape index (κ2) is 5.47. The topological polar surface area (TPSA) is 27.3 Å². The summed E-state index contributed by atoms with van der Waals surface area (Å²) in [5.74, 6) is 0. The summed E-state index contributed by atoms with van der Waals surface area (Å²) < 4.78 is 0. The summed E-state index contributed by atoms with van der Waals surface area (Å²) in [4.78, 5) is 2.59. The zero-order valence-electron chi connectivity index (χ0n) is 12.8. The molecule has 2 fully saturated rings. The van der Waals surface area contributed by atoms with Gasteiger partial charge in [0.15, 0.2) is 0 Å². The first-order valence-corrected chi connectivity index (χ1v) is 7.79. The van der Waals surface area contributed by atoms with E-state index < -0.39 is 0 Å². The van der Waals surface area contributed by atoms with Crippen molar-refractivity contribution in [1.82, 2.24) is 15.5 Å². The van der Waals surface area contributed by atoms with Crippen LogP contribution in [0.1, 0.15) is 25.3 Å². The van der Waals surface area contributed by atoms with E-state index in [-0.39, 0.29) is 0 Å². The maximum absolute atomic E-state index is 3.70. The lowest BCUT2D eigenvalue weighted by molar-refractivity contribution is -0.115. The largest absolute Gasteiger partial charge is 0.318 e. The van der Waals surface area contributed by atoms with Crippen molar-refractivity contribution in [2.24, 2.45) is 5.41 Å². The van der Waals surface area contributed by atoms with Crippen LogP contribution in [0.4, 0.5) is 0 Å². The molecule has 0 unspecified atom stereocenters. The fraction of sp³-hybridized carbons (Fsp3) is 0.647. The Bertz CT molecular complexity index is 429. The van der Waals surface area contributed by atoms with Crippen LogP contribution in [0.5, 0.6) is 0 Å². The summed E-state index contributed by atoms with van der Waals surface area (Å²) in [6.45, 7) is 8.20. The van der Waals surface area contributed by atoms with Gasteiger partial charge in [-0.2, -0.15) is 0 Å². The van der Waals surface area contributed by atoms with Crippen LogP contribution in [0.3, 0.4) is 0 Å². The molecule has 3 heteroatoms. The molecule has 1 saturated heterocycles. The molecule has 20 heavy (non-hydrogen) atoms. The van der Waals surface area contributed by atoms with Gasteiger partial charge in [-0.05, 0) is 37.8 Å². The minimum atomic E-state index is 0.385. The predicted octanol–water partition coefficient (Wildman–Crippen LogP) is 1.85. The van der Waals surface area contributed by atoms with E-state index in [4.69, 9.17) is 0 Å². The fourth-order valence-corrected chi connectivity index (χ4v) is 4.30. The van der Waals surface area contributed by atoms with E-state index in [9.17, 15) is 0 Å². The highest BCUT2D eigenvalue weighted by molar-refractivity contribution is 5.18. The SMILES string of the molecule is CNCCNC1(C)CC2(CN(Cc3ccccc3)C2)C1. The zero-order chi connectivity index (χ0) is 14.1. The molecule has 1 aromatic rings. The Morgan fingerprint density at radius 2 is 1.80 bits per heavy atom. The van der Waals surface area contributed by atoms with Crippen LogP contribution in [0.2, 0.25) is 0 Å². The number of nitrogens with zero attached hydrogens (tertiary/aromatic N) is 1. The van der Waals surface area contributed by atoms with Crippen molar-refractivity contribution in [3.63, 3.8) is 0 Å². The summed E-state index contributed by atoms with van der Waals surface area (Å²) in [7, 11) is 2.01. The molecule has 0 aromatic heterocycles. The number of hydrogen-bond donors (Lipinski definition) is 2. The van der Waals surface area contributed by atoms with Crippen LogP contribution in [-0.2, 0) is 6.54 Å². The van der Waals surface area contributed by atoms with Gasteiger partial charge in [0.1, 0.15) is 0 Å². The van der Waals surface area contributed by atoms with Crippen molar-refractivity contribution in [1.29, 1.82) is 0 Å². The molecule has 2 N–H and O–H groups in total. The molecular weight excluding hydrogens is 246 g/mol. The monoisotopic (exact) mass is 273 g/mol. The van der Waals surface area contributed by atoms with Crippen LogP contribution in [0.25, 0.3) is 0 Å². The second-order valence-electron chi connectivity index (χ2n) is 7.08. The van der Waals surface area contributed by atoms with Gasteiger partial charge in [-0.25, -0.2) is 0 Å². The molecule has 0 atom stereocenters. The third kappa shape index (κ3) is 2.90. The Morgan fingerprint density at radius 3 is 2.45 bits per heavy atom. The lowest BCUT2D eigenvalue weighted by Gasteiger charge is -2.64. The van der Waals surface area contributed by atoms with Gasteiger partial charge in [0.05, 0.1) is 0 Å². The molecule has 1 heterocycles. The Balaban J connectivity index is 1.41. The number of benzene rings is 1. The second-order valence-corrected chi connectivity index (χ2v) is 7.08. The van der Waals surface area contributed by atoms with Gasteiger partial charge in [-0.15, -0.1) is 0 Å². The van der Waals surface area contributed by atoms with Crippen LogP contribution in [-0.4, -0.2) is 43.7 Å². The minimum Gasteiger partial charge on any atom is -0.318 e. The Morgan fingerprint density at radius 1 is 1.10 bits per heavy atom. The maximum Gasteiger partial charge on any atom is 0.0234 e. The van der Waals surface area contributed by atoms with Gasteiger partial charge >= 0.3 is 0 Å². The summed E-state index contributed by atoms with van der Waals surface area (Å²) in [6.07, 6.45) is 2.68. The third-order valence-corrected chi connectivity index (χ3v) is 4.82. The summed E-state index contributed by atoms with van der Waals surface area (Å²) in [6, 6.07) is 10.8. The Hall–Kier alpha value is -0.900. The number of likely N-dealkylation sites (N-methyl/N-ethyl adjacent to an activating group) is 1. The lowest BCUT2D eigenvalue weighted by Crippen LogP contribution is -2.70. The molecule has 1 aliphatic heterocycles. The quantitative estimate of drug-likeness (QED) is 0.775. The zero-order valence-corrected chi connectivity index (χ0v) is 12.8. The standard InChI is InChI=1S/C17H27N3/c1-16(19-9-8-18-2)11-17(12-16)13-20(14-17)10-15-6-4-3-5-7-15/h3-7,18-19H,8-14H2,1-2H3. The number of rotatable bonds is 6. The van der Waals surface area contributed by atoms with Crippen LogP contribution < -0.4 is 10.6 Å². The predicted molar refractivity (Wildman–Crippen MR) is 83.7 cm³/mol. The van der Waals surface area contributed by atoms with E-state index in [1.807, 2.05) is 7.05 Å². The molecule has 1 spiro atoms. The molecule has 1 aliphatic carbocycles. The summed E-state index contributed by atoms with van der Waals surface area (Å²) >= 11 is 0. The highest BCUT2D eigenvalue weighted by Crippen LogP contribution is 2.54. The molecule has 0 bridgehead atoms. The first kappa shape index (κ1) is 14.1. The fourth-order valence-electron chi connectivity index (χ4n) is 4.30. The molecule has 3 nitrogen and oxygen atoms in total. The third-order valence-electron chi connectivity index (χ3n) is 4.82. The first-order chi connectivity index (χ1) is 9.63. The Kier molecular flexibility index (Phi) is 3.85. The van der Waals surface area contributed by atoms with Crippen molar-refractivity contribution in [3.05, 3.63) is 35.9 Å². The van der Waals surface area contributed by atoms with Crippen molar-refractivity contribution < 1.29 is 0 Å². The van der Waals surface area contributed by atoms with Gasteiger partial charge in [0.25, 0.3) is 0 Å². The minimum absolute atomic E-state index is 0.385. The van der Waals surface area contributed by atoms with E-state index in [1.54, 1.807) is 0 Å². The average Bonchev–Trinajstić information content (AvgIpc) is 2.36. The smallest absolute Gasteiger partial charge is 0.0234 e. The molecule has 1 aromatic carbocycles. The van der Waals surface area contributed by atoms with Crippen molar-refractivity contribution >= 4 is 0 Å². The molecule has 2 aliphatic rings. The van der Waals surface area contributed by atoms with Gasteiger partial charge in [0, 0.05) is 38.3 Å². The van der Waals surface area contributed by atoms with E-state index >= 15 is 0 Å². The van der Waals surface area contributed by atoms with Gasteiger partial charge in [0.2, 0.25) is 0 Å². The van der Waals surface area contributed by atoms with Crippen LogP contribution >= 0.6 is 0 Å². The van der Waals surface area contributed by atoms with Crippen molar-refractivity contribution in [2.75, 3.05) is 33.2 Å². The normalized spacial score (nSPS) is 23.3. The van der Waals surface area contributed by atoms with E-state index in [0.29, 0.717) is 11.0 Å². The average molecular weight is 273 g/mol. The number of likely N-dealkylation sites (tertiary alicyclic amines) is 1. The van der Waals surface area contributed by atoms with Crippen molar-refractivity contribution in [2.45, 2.75) is 31.8 Å². The van der Waals surface area contributed by atoms with E-state index in [0.717, 1.165) is 19.6 Å². The van der Waals surface area contributed by atoms with E-state index in [2.05, 4.69) is 52.8 Å². The molecule has 0 amide bonds. The molecule has 1 saturated carbocycles. The number of hydrogen-bond acceptors (Lipinski definition) is 3. The summed E-state index contributed by atoms with van der Waals surface area (Å²) in [5, 5.41) is 6.90. The van der Waals surface area contributed by atoms with Gasteiger partial charge < -0.3 is 10.6 Å². The van der Waals surface area contributed by atoms with Gasteiger partial charge in [-0.1, -0.05) is 30.3 Å². The molecular formula is C17H27N3. The Labute approximate surface area is 122 Å². The maximum atomic E-state index is 3.70. The highest BCUT2D eigenvalue weighted by atomic mass is 15.2. The molecule has 3 rings (SSSR count). The summed E-state index contributed by atoms with van der Waals surface area (Å²) in [5.41, 5.74) is 2.45. The number of nitrogens with one attached hydrogen (secondary N) is 2. The van der Waals surface area contributed by atoms with Gasteiger partial charge in [-0.3, -0.25) is 4.90 Å². The molecule has 110 valence electrons.